The zero-order valence-corrected chi connectivity index (χ0v) is 8.73. The second kappa shape index (κ2) is 5.07. The van der Waals surface area contributed by atoms with E-state index in [9.17, 15) is 4.79 Å². The summed E-state index contributed by atoms with van der Waals surface area (Å²) in [5.41, 5.74) is 0. The summed E-state index contributed by atoms with van der Waals surface area (Å²) >= 11 is 1.45. The third kappa shape index (κ3) is 3.63. The monoisotopic (exact) mass is 197 g/mol. The highest BCUT2D eigenvalue weighted by Crippen LogP contribution is 2.21. The zero-order chi connectivity index (χ0) is 9.68. The Morgan fingerprint density at radius 2 is 2.46 bits per heavy atom. The van der Waals surface area contributed by atoms with Crippen molar-refractivity contribution < 1.29 is 4.79 Å². The van der Waals surface area contributed by atoms with Gasteiger partial charge in [-0.3, -0.25) is 4.79 Å². The van der Waals surface area contributed by atoms with E-state index in [2.05, 4.69) is 17.2 Å². The predicted octanol–water partition coefficient (Wildman–Crippen LogP) is 2.27. The summed E-state index contributed by atoms with van der Waals surface area (Å²) < 4.78 is 0. The Morgan fingerprint density at radius 1 is 1.69 bits per heavy atom. The van der Waals surface area contributed by atoms with Gasteiger partial charge in [0.1, 0.15) is 0 Å². The Kier molecular flexibility index (Phi) is 4.02. The average Bonchev–Trinajstić information content (AvgIpc) is 2.48. The fraction of sp³-hybridized carbons (Fsp3) is 0.556. The molecule has 1 aliphatic heterocycles. The Balaban J connectivity index is 2.35. The summed E-state index contributed by atoms with van der Waals surface area (Å²) in [6.45, 7) is 4.01. The van der Waals surface area contributed by atoms with Crippen LogP contribution in [0.3, 0.4) is 0 Å². The summed E-state index contributed by atoms with van der Waals surface area (Å²) in [4.78, 5) is 16.2. The number of allylic oxidation sites excluding steroid dienone is 1. The second-order valence-corrected chi connectivity index (χ2v) is 4.08. The fourth-order valence-electron chi connectivity index (χ4n) is 0.885. The van der Waals surface area contributed by atoms with Crippen molar-refractivity contribution in [1.82, 2.24) is 5.32 Å². The molecule has 1 amide bonds. The summed E-state index contributed by atoms with van der Waals surface area (Å²) in [5.74, 6) is -0.0591. The first-order valence-electron chi connectivity index (χ1n) is 4.39. The minimum atomic E-state index is -0.0591. The fourth-order valence-corrected chi connectivity index (χ4v) is 1.53. The first kappa shape index (κ1) is 10.3. The second-order valence-electron chi connectivity index (χ2n) is 2.86. The van der Waals surface area contributed by atoms with Crippen molar-refractivity contribution in [2.45, 2.75) is 33.1 Å². The van der Waals surface area contributed by atoms with Gasteiger partial charge in [0, 0.05) is 17.5 Å². The number of carbonyl (C=O) groups excluding carboxylic acids is 1. The molecule has 0 aromatic heterocycles. The molecule has 0 atom stereocenters. The van der Waals surface area contributed by atoms with E-state index in [1.54, 1.807) is 6.20 Å². The lowest BCUT2D eigenvalue weighted by Crippen LogP contribution is -2.04. The molecule has 0 saturated heterocycles. The van der Waals surface area contributed by atoms with Crippen LogP contribution in [0.15, 0.2) is 16.1 Å². The molecular formula is C9H13N2OS. The van der Waals surface area contributed by atoms with Crippen LogP contribution in [0, 0.1) is 0 Å². The molecule has 1 aliphatic rings. The highest BCUT2D eigenvalue weighted by Gasteiger charge is 2.11. The summed E-state index contributed by atoms with van der Waals surface area (Å²) in [6.07, 6.45) is 4.20. The minimum Gasteiger partial charge on any atom is -0.273 e. The van der Waals surface area contributed by atoms with Gasteiger partial charge in [0.2, 0.25) is 5.91 Å². The quantitative estimate of drug-likeness (QED) is 0.696. The number of hydrogen-bond donors (Lipinski definition) is 0. The van der Waals surface area contributed by atoms with Gasteiger partial charge in [0.15, 0.2) is 5.17 Å². The third-order valence-electron chi connectivity index (χ3n) is 1.57. The predicted molar refractivity (Wildman–Crippen MR) is 55.4 cm³/mol. The standard InChI is InChI=1S/C9H13N2OS/c1-3-4-5-8(12)11-9-10-6-7(2)13-9/h6H,3-5H2,1-2H3. The molecule has 1 radical (unpaired) electrons. The third-order valence-corrected chi connectivity index (χ3v) is 2.38. The molecule has 0 N–H and O–H groups in total. The molecule has 0 saturated carbocycles. The minimum absolute atomic E-state index is 0.0591. The maximum atomic E-state index is 11.2. The van der Waals surface area contributed by atoms with Crippen LogP contribution in [-0.2, 0) is 4.79 Å². The molecule has 0 aromatic carbocycles. The average molecular weight is 197 g/mol. The van der Waals surface area contributed by atoms with E-state index < -0.39 is 0 Å². The first-order chi connectivity index (χ1) is 6.22. The Labute approximate surface area is 82.7 Å². The Bertz CT molecular complexity index is 258. The van der Waals surface area contributed by atoms with Crippen LogP contribution in [0.1, 0.15) is 33.1 Å². The van der Waals surface area contributed by atoms with Gasteiger partial charge in [-0.1, -0.05) is 25.1 Å². The van der Waals surface area contributed by atoms with Gasteiger partial charge in [0.25, 0.3) is 0 Å². The SMILES string of the molecule is CCCCC(=O)N=C1[N]C=C(C)S1. The molecule has 13 heavy (non-hydrogen) atoms. The molecular weight excluding hydrogens is 184 g/mol. The van der Waals surface area contributed by atoms with Crippen LogP contribution in [0.4, 0.5) is 0 Å². The number of rotatable bonds is 3. The molecule has 0 bridgehead atoms. The van der Waals surface area contributed by atoms with E-state index in [1.165, 1.54) is 11.8 Å². The lowest BCUT2D eigenvalue weighted by molar-refractivity contribution is -0.117. The molecule has 0 aromatic rings. The number of amides is 1. The first-order valence-corrected chi connectivity index (χ1v) is 5.21. The lowest BCUT2D eigenvalue weighted by Gasteiger charge is -1.94. The smallest absolute Gasteiger partial charge is 0.248 e. The number of carbonyl (C=O) groups is 1. The number of nitrogens with zero attached hydrogens (tertiary/aromatic N) is 2. The normalized spacial score (nSPS) is 18.6. The van der Waals surface area contributed by atoms with E-state index in [4.69, 9.17) is 0 Å². The number of hydrogen-bond acceptors (Lipinski definition) is 2. The number of unbranched alkanes of at least 4 members (excludes halogenated alkanes) is 1. The van der Waals surface area contributed by atoms with Crippen molar-refractivity contribution in [1.29, 1.82) is 0 Å². The van der Waals surface area contributed by atoms with Crippen LogP contribution in [0.5, 0.6) is 0 Å². The molecule has 0 unspecified atom stereocenters. The molecule has 1 heterocycles. The van der Waals surface area contributed by atoms with Crippen LogP contribution < -0.4 is 5.32 Å². The number of aliphatic imine (C=N–C) groups is 1. The summed E-state index contributed by atoms with van der Waals surface area (Å²) in [5, 5.41) is 4.58. The number of amidine groups is 1. The summed E-state index contributed by atoms with van der Waals surface area (Å²) in [7, 11) is 0. The van der Waals surface area contributed by atoms with Gasteiger partial charge in [-0.15, -0.1) is 0 Å². The summed E-state index contributed by atoms with van der Waals surface area (Å²) in [6, 6.07) is 0. The maximum absolute atomic E-state index is 11.2. The van der Waals surface area contributed by atoms with Crippen molar-refractivity contribution in [2.24, 2.45) is 4.99 Å². The highest BCUT2D eigenvalue weighted by molar-refractivity contribution is 8.17. The highest BCUT2D eigenvalue weighted by atomic mass is 32.2. The van der Waals surface area contributed by atoms with E-state index in [-0.39, 0.29) is 5.91 Å². The van der Waals surface area contributed by atoms with Gasteiger partial charge < -0.3 is 0 Å². The molecule has 71 valence electrons. The van der Waals surface area contributed by atoms with Gasteiger partial charge >= 0.3 is 0 Å². The molecule has 0 fully saturated rings. The van der Waals surface area contributed by atoms with E-state index in [0.717, 1.165) is 17.7 Å². The van der Waals surface area contributed by atoms with Crippen LogP contribution in [-0.4, -0.2) is 11.1 Å². The molecule has 0 aliphatic carbocycles. The van der Waals surface area contributed by atoms with Gasteiger partial charge in [0.05, 0.1) is 0 Å². The van der Waals surface area contributed by atoms with Crippen molar-refractivity contribution >= 4 is 22.8 Å². The van der Waals surface area contributed by atoms with Crippen molar-refractivity contribution in [3.8, 4) is 0 Å². The van der Waals surface area contributed by atoms with Gasteiger partial charge in [-0.25, -0.2) is 5.32 Å². The van der Waals surface area contributed by atoms with E-state index in [1.807, 2.05) is 6.92 Å². The largest absolute Gasteiger partial charge is 0.273 e. The van der Waals surface area contributed by atoms with Gasteiger partial charge in [-0.2, -0.15) is 4.99 Å². The molecule has 0 spiro atoms. The topological polar surface area (TPSA) is 43.5 Å². The Morgan fingerprint density at radius 3 is 3.00 bits per heavy atom. The lowest BCUT2D eigenvalue weighted by atomic mass is 10.2. The van der Waals surface area contributed by atoms with Crippen LogP contribution in [0.25, 0.3) is 0 Å². The van der Waals surface area contributed by atoms with Crippen molar-refractivity contribution in [3.63, 3.8) is 0 Å². The van der Waals surface area contributed by atoms with Gasteiger partial charge in [-0.05, 0) is 13.3 Å². The molecule has 3 nitrogen and oxygen atoms in total. The van der Waals surface area contributed by atoms with E-state index >= 15 is 0 Å². The van der Waals surface area contributed by atoms with Crippen LogP contribution >= 0.6 is 11.8 Å². The maximum Gasteiger partial charge on any atom is 0.248 e. The zero-order valence-electron chi connectivity index (χ0n) is 7.91. The van der Waals surface area contributed by atoms with Crippen molar-refractivity contribution in [3.05, 3.63) is 11.1 Å². The Hall–Kier alpha value is -0.770. The molecule has 4 heteroatoms. The van der Waals surface area contributed by atoms with Crippen LogP contribution in [0.2, 0.25) is 0 Å². The van der Waals surface area contributed by atoms with E-state index in [0.29, 0.717) is 11.6 Å². The number of thioether (sulfide) groups is 1. The molecule has 1 rings (SSSR count). The van der Waals surface area contributed by atoms with Crippen molar-refractivity contribution in [2.75, 3.05) is 0 Å².